The maximum atomic E-state index is 12.7. The number of rotatable bonds is 7. The second-order valence-corrected chi connectivity index (χ2v) is 6.41. The minimum Gasteiger partial charge on any atom is -0.335 e. The molecule has 0 aliphatic carbocycles. The van der Waals surface area contributed by atoms with Gasteiger partial charge in [-0.2, -0.15) is 5.26 Å². The molecule has 0 aliphatic heterocycles. The van der Waals surface area contributed by atoms with Crippen LogP contribution in [0.2, 0.25) is 0 Å². The molecule has 9 heteroatoms. The molecule has 0 spiro atoms. The Morgan fingerprint density at radius 2 is 1.96 bits per heavy atom. The van der Waals surface area contributed by atoms with Crippen molar-refractivity contribution in [1.82, 2.24) is 19.9 Å². The summed E-state index contributed by atoms with van der Waals surface area (Å²) in [6, 6.07) is 16.7. The maximum absolute atomic E-state index is 12.7. The summed E-state index contributed by atoms with van der Waals surface area (Å²) >= 11 is 1.19. The standard InChI is InChI=1S/C18H17N7OS/c19-10-6-12-24(14-7-2-1-3-8-14)16(26)13-27-18-23-22-17(25(18)20)15-9-4-5-11-21-15/h1-5,7-9,11H,6,12-13,20H2. The Morgan fingerprint density at radius 3 is 2.67 bits per heavy atom. The van der Waals surface area contributed by atoms with Crippen molar-refractivity contribution in [2.75, 3.05) is 23.0 Å². The molecule has 3 rings (SSSR count). The smallest absolute Gasteiger partial charge is 0.237 e. The average molecular weight is 379 g/mol. The van der Waals surface area contributed by atoms with Gasteiger partial charge in [-0.1, -0.05) is 36.0 Å². The molecule has 0 saturated heterocycles. The predicted molar refractivity (Wildman–Crippen MR) is 103 cm³/mol. The highest BCUT2D eigenvalue weighted by Gasteiger charge is 2.18. The van der Waals surface area contributed by atoms with Crippen LogP contribution < -0.4 is 10.7 Å². The van der Waals surface area contributed by atoms with Gasteiger partial charge in [-0.25, -0.2) is 4.68 Å². The van der Waals surface area contributed by atoms with Gasteiger partial charge in [-0.05, 0) is 24.3 Å². The maximum Gasteiger partial charge on any atom is 0.237 e. The van der Waals surface area contributed by atoms with Crippen LogP contribution in [-0.2, 0) is 4.79 Å². The molecule has 0 radical (unpaired) electrons. The van der Waals surface area contributed by atoms with Gasteiger partial charge in [0.15, 0.2) is 0 Å². The van der Waals surface area contributed by atoms with Crippen LogP contribution >= 0.6 is 11.8 Å². The number of amides is 1. The molecule has 8 nitrogen and oxygen atoms in total. The highest BCUT2D eigenvalue weighted by molar-refractivity contribution is 7.99. The van der Waals surface area contributed by atoms with Crippen LogP contribution in [0.1, 0.15) is 6.42 Å². The molecule has 0 aliphatic rings. The van der Waals surface area contributed by atoms with Crippen LogP contribution in [0.15, 0.2) is 59.9 Å². The molecule has 2 heterocycles. The number of nitrogens with two attached hydrogens (primary N) is 1. The number of carbonyl (C=O) groups excluding carboxylic acids is 1. The van der Waals surface area contributed by atoms with Crippen molar-refractivity contribution in [3.05, 3.63) is 54.7 Å². The van der Waals surface area contributed by atoms with Crippen LogP contribution in [0, 0.1) is 11.3 Å². The van der Waals surface area contributed by atoms with Crippen LogP contribution in [0.4, 0.5) is 5.69 Å². The predicted octanol–water partition coefficient (Wildman–Crippen LogP) is 2.09. The number of carbonyl (C=O) groups is 1. The Labute approximate surface area is 160 Å². The summed E-state index contributed by atoms with van der Waals surface area (Å²) in [6.07, 6.45) is 1.90. The van der Waals surface area contributed by atoms with Gasteiger partial charge in [0.25, 0.3) is 0 Å². The fourth-order valence-electron chi connectivity index (χ4n) is 2.42. The summed E-state index contributed by atoms with van der Waals surface area (Å²) in [6.45, 7) is 0.328. The molecule has 2 N–H and O–H groups in total. The zero-order valence-corrected chi connectivity index (χ0v) is 15.2. The van der Waals surface area contributed by atoms with Crippen LogP contribution in [0.25, 0.3) is 11.5 Å². The number of hydrogen-bond acceptors (Lipinski definition) is 7. The lowest BCUT2D eigenvalue weighted by Gasteiger charge is -2.21. The first-order valence-electron chi connectivity index (χ1n) is 8.17. The second-order valence-electron chi connectivity index (χ2n) is 5.47. The zero-order chi connectivity index (χ0) is 19.1. The zero-order valence-electron chi connectivity index (χ0n) is 14.4. The lowest BCUT2D eigenvalue weighted by atomic mass is 10.2. The van der Waals surface area contributed by atoms with Crippen molar-refractivity contribution in [3.63, 3.8) is 0 Å². The highest BCUT2D eigenvalue weighted by Crippen LogP contribution is 2.22. The average Bonchev–Trinajstić information content (AvgIpc) is 3.08. The summed E-state index contributed by atoms with van der Waals surface area (Å²) in [5.41, 5.74) is 1.35. The quantitative estimate of drug-likeness (QED) is 0.494. The summed E-state index contributed by atoms with van der Waals surface area (Å²) in [7, 11) is 0. The molecule has 136 valence electrons. The Bertz CT molecular complexity index is 937. The van der Waals surface area contributed by atoms with E-state index in [1.807, 2.05) is 36.4 Å². The van der Waals surface area contributed by atoms with Gasteiger partial charge in [-0.15, -0.1) is 10.2 Å². The fourth-order valence-corrected chi connectivity index (χ4v) is 3.15. The molecule has 1 amide bonds. The Balaban J connectivity index is 1.71. The molecule has 0 fully saturated rings. The molecule has 1 aromatic carbocycles. The first kappa shape index (κ1) is 18.4. The van der Waals surface area contributed by atoms with E-state index in [4.69, 9.17) is 11.1 Å². The van der Waals surface area contributed by atoms with Crippen molar-refractivity contribution < 1.29 is 4.79 Å². The fraction of sp³-hybridized carbons (Fsp3) is 0.167. The van der Waals surface area contributed by atoms with Crippen LogP contribution in [0.3, 0.4) is 0 Å². The minimum absolute atomic E-state index is 0.123. The number of nitrogen functional groups attached to an aromatic ring is 1. The number of nitrogens with zero attached hydrogens (tertiary/aromatic N) is 6. The Hall–Kier alpha value is -3.38. The van der Waals surface area contributed by atoms with Crippen LogP contribution in [0.5, 0.6) is 0 Å². The van der Waals surface area contributed by atoms with Gasteiger partial charge < -0.3 is 10.7 Å². The van der Waals surface area contributed by atoms with E-state index < -0.39 is 0 Å². The number of hydrogen-bond donors (Lipinski definition) is 1. The molecule has 27 heavy (non-hydrogen) atoms. The van der Waals surface area contributed by atoms with Crippen molar-refractivity contribution in [3.8, 4) is 17.6 Å². The van der Waals surface area contributed by atoms with Gasteiger partial charge >= 0.3 is 0 Å². The normalized spacial score (nSPS) is 10.3. The molecule has 2 aromatic heterocycles. The van der Waals surface area contributed by atoms with E-state index in [1.165, 1.54) is 16.4 Å². The van der Waals surface area contributed by atoms with Gasteiger partial charge in [0.05, 0.1) is 18.2 Å². The molecular formula is C18H17N7OS. The SMILES string of the molecule is N#CCCN(C(=O)CSc1nnc(-c2ccccn2)n1N)c1ccccc1. The largest absolute Gasteiger partial charge is 0.335 e. The third-order valence-electron chi connectivity index (χ3n) is 3.70. The number of anilines is 1. The van der Waals surface area contributed by atoms with E-state index in [-0.39, 0.29) is 18.1 Å². The molecule has 0 saturated carbocycles. The minimum atomic E-state index is -0.135. The van der Waals surface area contributed by atoms with Gasteiger partial charge in [0.1, 0.15) is 5.69 Å². The first-order chi connectivity index (χ1) is 13.2. The van der Waals surface area contributed by atoms with Crippen molar-refractivity contribution >= 4 is 23.4 Å². The monoisotopic (exact) mass is 379 g/mol. The number of benzene rings is 1. The third kappa shape index (κ3) is 4.43. The summed E-state index contributed by atoms with van der Waals surface area (Å²) in [5, 5.41) is 17.4. The molecule has 0 bridgehead atoms. The highest BCUT2D eigenvalue weighted by atomic mass is 32.2. The van der Waals surface area contributed by atoms with Crippen LogP contribution in [-0.4, -0.2) is 38.1 Å². The van der Waals surface area contributed by atoms with E-state index in [9.17, 15) is 4.79 Å². The van der Waals surface area contributed by atoms with Crippen molar-refractivity contribution in [2.45, 2.75) is 11.6 Å². The number of aromatic nitrogens is 4. The van der Waals surface area contributed by atoms with E-state index in [0.29, 0.717) is 23.2 Å². The Kier molecular flexibility index (Phi) is 6.02. The number of para-hydroxylation sites is 1. The molecule has 0 unspecified atom stereocenters. The first-order valence-corrected chi connectivity index (χ1v) is 9.16. The van der Waals surface area contributed by atoms with Gasteiger partial charge in [0.2, 0.25) is 16.9 Å². The molecule has 0 atom stereocenters. The lowest BCUT2D eigenvalue weighted by molar-refractivity contribution is -0.116. The van der Waals surface area contributed by atoms with E-state index in [0.717, 1.165) is 5.69 Å². The second kappa shape index (κ2) is 8.82. The van der Waals surface area contributed by atoms with Gasteiger partial charge in [0, 0.05) is 18.4 Å². The summed E-state index contributed by atoms with van der Waals surface area (Å²) < 4.78 is 1.32. The number of nitriles is 1. The number of thioether (sulfide) groups is 1. The van der Waals surface area contributed by atoms with Gasteiger partial charge in [-0.3, -0.25) is 9.78 Å². The Morgan fingerprint density at radius 1 is 1.19 bits per heavy atom. The third-order valence-corrected chi connectivity index (χ3v) is 4.63. The number of pyridine rings is 1. The molecule has 3 aromatic rings. The topological polar surface area (TPSA) is 114 Å². The summed E-state index contributed by atoms with van der Waals surface area (Å²) in [4.78, 5) is 18.5. The molecular weight excluding hydrogens is 362 g/mol. The van der Waals surface area contributed by atoms with E-state index in [2.05, 4.69) is 21.3 Å². The lowest BCUT2D eigenvalue weighted by Crippen LogP contribution is -2.33. The summed E-state index contributed by atoms with van der Waals surface area (Å²) in [5.74, 6) is 6.47. The van der Waals surface area contributed by atoms with Crippen molar-refractivity contribution in [1.29, 1.82) is 5.26 Å². The van der Waals surface area contributed by atoms with E-state index in [1.54, 1.807) is 23.2 Å². The van der Waals surface area contributed by atoms with Crippen molar-refractivity contribution in [2.24, 2.45) is 0 Å². The van der Waals surface area contributed by atoms with E-state index >= 15 is 0 Å².